The maximum Gasteiger partial charge on any atom is 0.135 e. The lowest BCUT2D eigenvalue weighted by Crippen LogP contribution is -2.00. The summed E-state index contributed by atoms with van der Waals surface area (Å²) in [6.07, 6.45) is 14.0. The van der Waals surface area contributed by atoms with Gasteiger partial charge in [-0.25, -0.2) is 4.39 Å². The minimum atomic E-state index is -0.223. The first-order valence-corrected chi connectivity index (χ1v) is 13.7. The Labute approximate surface area is 229 Å². The molecule has 0 amide bonds. The standard InChI is InChI=1S/C15H18FNO.C7H11N.2C4H10.C3H8/c1-5-15(17-11(3)9-12(4)18)13-6-7-14(16)10(2)8-13;1-4-5-6-8-7(2)3;2*1-3-4-2;1-3-2/h5-8H,9H2,1-4H3;4-6H,1H2,2-3H3;2*3-4H2,1-2H3;3H2,1-2H3/b15-5-,17-11?;6-5-;;;. The first-order chi connectivity index (χ1) is 17.4. The average molecular weight is 517 g/mol. The fourth-order valence-electron chi connectivity index (χ4n) is 1.96. The van der Waals surface area contributed by atoms with E-state index in [9.17, 15) is 9.18 Å². The van der Waals surface area contributed by atoms with Crippen molar-refractivity contribution in [2.75, 3.05) is 0 Å². The summed E-state index contributed by atoms with van der Waals surface area (Å²) in [5.41, 5.74) is 4.03. The Morgan fingerprint density at radius 2 is 1.43 bits per heavy atom. The Hall–Kier alpha value is -2.62. The summed E-state index contributed by atoms with van der Waals surface area (Å²) in [5.74, 6) is -0.138. The van der Waals surface area contributed by atoms with E-state index in [-0.39, 0.29) is 11.6 Å². The summed E-state index contributed by atoms with van der Waals surface area (Å²) >= 11 is 0. The Balaban J connectivity index is -0.000000236. The van der Waals surface area contributed by atoms with Gasteiger partial charge in [0.25, 0.3) is 0 Å². The molecule has 1 aromatic rings. The van der Waals surface area contributed by atoms with Crippen molar-refractivity contribution in [2.24, 2.45) is 9.98 Å². The zero-order chi connectivity index (χ0) is 29.6. The van der Waals surface area contributed by atoms with Gasteiger partial charge in [0.05, 0.1) is 5.70 Å². The molecule has 0 N–H and O–H groups in total. The molecule has 3 nitrogen and oxygen atoms in total. The van der Waals surface area contributed by atoms with Crippen molar-refractivity contribution in [2.45, 2.75) is 122 Å². The molecule has 0 saturated carbocycles. The van der Waals surface area contributed by atoms with Gasteiger partial charge in [-0.15, -0.1) is 0 Å². The van der Waals surface area contributed by atoms with Crippen molar-refractivity contribution in [1.82, 2.24) is 0 Å². The summed E-state index contributed by atoms with van der Waals surface area (Å²) < 4.78 is 13.2. The van der Waals surface area contributed by atoms with E-state index < -0.39 is 0 Å². The zero-order valence-corrected chi connectivity index (χ0v) is 26.2. The molecule has 0 fully saturated rings. The van der Waals surface area contributed by atoms with E-state index in [1.165, 1.54) is 45.1 Å². The number of rotatable bonds is 8. The fourth-order valence-corrected chi connectivity index (χ4v) is 1.96. The Morgan fingerprint density at radius 3 is 1.76 bits per heavy atom. The normalized spacial score (nSPS) is 10.3. The number of aliphatic imine (C=N–C) groups is 2. The number of halogens is 1. The van der Waals surface area contributed by atoms with Crippen molar-refractivity contribution in [3.8, 4) is 0 Å². The van der Waals surface area contributed by atoms with Crippen molar-refractivity contribution in [3.63, 3.8) is 0 Å². The van der Waals surface area contributed by atoms with Gasteiger partial charge in [0.1, 0.15) is 11.6 Å². The lowest BCUT2D eigenvalue weighted by Gasteiger charge is -2.06. The molecule has 0 heterocycles. The molecule has 37 heavy (non-hydrogen) atoms. The predicted octanol–water partition coefficient (Wildman–Crippen LogP) is 11.1. The van der Waals surface area contributed by atoms with Crippen LogP contribution in [0.25, 0.3) is 5.70 Å². The van der Waals surface area contributed by atoms with Gasteiger partial charge in [0.2, 0.25) is 0 Å². The molecule has 0 aliphatic carbocycles. The molecule has 0 radical (unpaired) electrons. The third-order valence-electron chi connectivity index (χ3n) is 4.10. The lowest BCUT2D eigenvalue weighted by molar-refractivity contribution is -0.115. The van der Waals surface area contributed by atoms with Crippen LogP contribution < -0.4 is 0 Å². The zero-order valence-electron chi connectivity index (χ0n) is 26.2. The Kier molecular flexibility index (Phi) is 35.2. The second kappa shape index (κ2) is 31.4. The summed E-state index contributed by atoms with van der Waals surface area (Å²) in [4.78, 5) is 19.4. The third-order valence-corrected chi connectivity index (χ3v) is 4.10. The molecule has 1 rings (SSSR count). The molecule has 212 valence electrons. The number of Topliss-reactive ketones (excluding diaryl/α,β-unsaturated/α-hetero) is 1. The predicted molar refractivity (Wildman–Crippen MR) is 168 cm³/mol. The first kappa shape index (κ1) is 41.5. The lowest BCUT2D eigenvalue weighted by atomic mass is 10.1. The van der Waals surface area contributed by atoms with Crippen molar-refractivity contribution in [3.05, 3.63) is 66.2 Å². The van der Waals surface area contributed by atoms with Crippen LogP contribution in [0.15, 0.2) is 59.2 Å². The van der Waals surface area contributed by atoms with Crippen LogP contribution >= 0.6 is 0 Å². The number of hydrogen-bond donors (Lipinski definition) is 0. The van der Waals surface area contributed by atoms with E-state index in [4.69, 9.17) is 0 Å². The van der Waals surface area contributed by atoms with Gasteiger partial charge < -0.3 is 0 Å². The Bertz CT molecular complexity index is 806. The van der Waals surface area contributed by atoms with Crippen LogP contribution in [-0.2, 0) is 4.79 Å². The van der Waals surface area contributed by atoms with Gasteiger partial charge in [-0.3, -0.25) is 14.8 Å². The van der Waals surface area contributed by atoms with E-state index >= 15 is 0 Å². The summed E-state index contributed by atoms with van der Waals surface area (Å²) in [7, 11) is 0. The van der Waals surface area contributed by atoms with Gasteiger partial charge >= 0.3 is 0 Å². The molecule has 0 aromatic heterocycles. The number of unbranched alkanes of at least 4 members (excludes halogenated alkanes) is 2. The van der Waals surface area contributed by atoms with Gasteiger partial charge in [-0.1, -0.05) is 92.4 Å². The minimum absolute atomic E-state index is 0.0852. The van der Waals surface area contributed by atoms with Gasteiger partial charge in [-0.05, 0) is 71.4 Å². The SMILES string of the molecule is C/C=C(\N=C(C)CC(C)=O)c1ccc(F)c(C)c1.C=C/C=C\N=C(C)C.CCC.CCCC.CCCC. The second-order valence-electron chi connectivity index (χ2n) is 8.72. The van der Waals surface area contributed by atoms with Crippen molar-refractivity contribution < 1.29 is 9.18 Å². The average Bonchev–Trinajstić information content (AvgIpc) is 2.85. The van der Waals surface area contributed by atoms with Crippen LogP contribution in [0.1, 0.15) is 126 Å². The summed E-state index contributed by atoms with van der Waals surface area (Å²) in [5, 5.41) is 0. The van der Waals surface area contributed by atoms with E-state index in [0.29, 0.717) is 12.0 Å². The topological polar surface area (TPSA) is 41.8 Å². The number of hydrogen-bond acceptors (Lipinski definition) is 3. The number of benzene rings is 1. The fraction of sp³-hybridized carbons (Fsp3) is 0.545. The highest BCUT2D eigenvalue weighted by molar-refractivity contribution is 6.01. The van der Waals surface area contributed by atoms with Crippen LogP contribution in [0.5, 0.6) is 0 Å². The van der Waals surface area contributed by atoms with Crippen LogP contribution in [0.4, 0.5) is 4.39 Å². The third kappa shape index (κ3) is 33.4. The number of carbonyl (C=O) groups is 1. The number of carbonyl (C=O) groups excluding carboxylic acids is 1. The van der Waals surface area contributed by atoms with Crippen LogP contribution in [0, 0.1) is 12.7 Å². The van der Waals surface area contributed by atoms with E-state index in [1.807, 2.05) is 33.8 Å². The van der Waals surface area contributed by atoms with E-state index in [1.54, 1.807) is 37.4 Å². The molecule has 0 aliphatic rings. The molecular weight excluding hydrogens is 459 g/mol. The number of ketones is 1. The largest absolute Gasteiger partial charge is 0.300 e. The summed E-state index contributed by atoms with van der Waals surface area (Å²) in [6.45, 7) is 27.3. The quantitative estimate of drug-likeness (QED) is 0.250. The number of aryl methyl sites for hydroxylation is 1. The number of nitrogens with zero attached hydrogens (tertiary/aromatic N) is 2. The molecule has 0 aliphatic heterocycles. The first-order valence-electron chi connectivity index (χ1n) is 13.7. The molecule has 0 bridgehead atoms. The summed E-state index contributed by atoms with van der Waals surface area (Å²) in [6, 6.07) is 4.89. The van der Waals surface area contributed by atoms with Crippen molar-refractivity contribution >= 4 is 22.9 Å². The highest BCUT2D eigenvalue weighted by atomic mass is 19.1. The molecule has 0 spiro atoms. The maximum atomic E-state index is 13.2. The van der Waals surface area contributed by atoms with Crippen molar-refractivity contribution in [1.29, 1.82) is 0 Å². The molecule has 1 aromatic carbocycles. The van der Waals surface area contributed by atoms with E-state index in [0.717, 1.165) is 22.7 Å². The van der Waals surface area contributed by atoms with E-state index in [2.05, 4.69) is 58.1 Å². The highest BCUT2D eigenvalue weighted by Gasteiger charge is 2.04. The maximum absolute atomic E-state index is 13.2. The molecule has 0 saturated heterocycles. The molecule has 0 atom stereocenters. The molecular formula is C33H57FN2O. The molecule has 4 heteroatoms. The minimum Gasteiger partial charge on any atom is -0.300 e. The van der Waals surface area contributed by atoms with Crippen LogP contribution in [0.3, 0.4) is 0 Å². The second-order valence-corrected chi connectivity index (χ2v) is 8.72. The van der Waals surface area contributed by atoms with Crippen LogP contribution in [-0.4, -0.2) is 17.2 Å². The van der Waals surface area contributed by atoms with Gasteiger partial charge in [0.15, 0.2) is 0 Å². The number of allylic oxidation sites excluding steroid dienone is 3. The Morgan fingerprint density at radius 1 is 0.946 bits per heavy atom. The van der Waals surface area contributed by atoms with Gasteiger partial charge in [-0.2, -0.15) is 0 Å². The highest BCUT2D eigenvalue weighted by Crippen LogP contribution is 2.19. The van der Waals surface area contributed by atoms with Crippen LogP contribution in [0.2, 0.25) is 0 Å². The molecule has 0 unspecified atom stereocenters. The monoisotopic (exact) mass is 516 g/mol. The smallest absolute Gasteiger partial charge is 0.135 e. The van der Waals surface area contributed by atoms with Gasteiger partial charge in [0, 0.05) is 29.6 Å².